The van der Waals surface area contributed by atoms with Crippen molar-refractivity contribution in [2.45, 2.75) is 19.6 Å². The summed E-state index contributed by atoms with van der Waals surface area (Å²) in [7, 11) is 0. The van der Waals surface area contributed by atoms with E-state index in [4.69, 9.17) is 10.5 Å². The highest BCUT2D eigenvalue weighted by atomic mass is 16.5. The zero-order valence-corrected chi connectivity index (χ0v) is 15.3. The van der Waals surface area contributed by atoms with Gasteiger partial charge in [0, 0.05) is 29.8 Å². The van der Waals surface area contributed by atoms with Crippen molar-refractivity contribution in [3.63, 3.8) is 0 Å². The number of fused-ring (bicyclic) bond motifs is 1. The molecule has 142 valence electrons. The Morgan fingerprint density at radius 1 is 1.11 bits per heavy atom. The average Bonchev–Trinajstić information content (AvgIpc) is 2.73. The lowest BCUT2D eigenvalue weighted by atomic mass is 10.1. The van der Waals surface area contributed by atoms with Gasteiger partial charge in [-0.15, -0.1) is 0 Å². The van der Waals surface area contributed by atoms with Gasteiger partial charge in [-0.1, -0.05) is 36.4 Å². The normalized spacial score (nSPS) is 12.9. The quantitative estimate of drug-likeness (QED) is 0.612. The summed E-state index contributed by atoms with van der Waals surface area (Å²) < 4.78 is 5.60. The minimum Gasteiger partial charge on any atom is -0.376 e. The van der Waals surface area contributed by atoms with Gasteiger partial charge < -0.3 is 21.1 Å². The summed E-state index contributed by atoms with van der Waals surface area (Å²) in [6.45, 7) is 1.78. The first-order valence-electron chi connectivity index (χ1n) is 9.11. The molecule has 2 aromatic carbocycles. The summed E-state index contributed by atoms with van der Waals surface area (Å²) in [5.74, 6) is 0.748. The Labute approximate surface area is 163 Å². The van der Waals surface area contributed by atoms with Crippen LogP contribution in [0.3, 0.4) is 0 Å². The molecule has 0 unspecified atom stereocenters. The molecule has 0 radical (unpaired) electrons. The number of anilines is 3. The molecule has 2 heterocycles. The van der Waals surface area contributed by atoms with Crippen molar-refractivity contribution in [2.75, 3.05) is 17.2 Å². The van der Waals surface area contributed by atoms with Gasteiger partial charge in [-0.3, -0.25) is 4.79 Å². The van der Waals surface area contributed by atoms with Crippen LogP contribution in [0.5, 0.6) is 0 Å². The molecule has 1 aromatic heterocycles. The number of nitrogens with two attached hydrogens (primary N) is 1. The van der Waals surface area contributed by atoms with Crippen molar-refractivity contribution in [1.82, 2.24) is 9.97 Å². The van der Waals surface area contributed by atoms with Crippen LogP contribution in [0.25, 0.3) is 0 Å². The first kappa shape index (κ1) is 17.9. The van der Waals surface area contributed by atoms with E-state index in [0.717, 1.165) is 29.1 Å². The number of nitrogens with zero attached hydrogens (tertiary/aromatic N) is 2. The van der Waals surface area contributed by atoms with Gasteiger partial charge >= 0.3 is 0 Å². The van der Waals surface area contributed by atoms with Crippen LogP contribution in [0, 0.1) is 0 Å². The molecule has 3 aromatic rings. The van der Waals surface area contributed by atoms with Crippen molar-refractivity contribution in [2.24, 2.45) is 5.73 Å². The number of hydrogen-bond donors (Lipinski definition) is 3. The molecule has 4 N–H and O–H groups in total. The third kappa shape index (κ3) is 4.10. The average molecular weight is 375 g/mol. The molecule has 0 fully saturated rings. The van der Waals surface area contributed by atoms with Crippen LogP contribution < -0.4 is 16.4 Å². The number of amides is 1. The van der Waals surface area contributed by atoms with Gasteiger partial charge in [0.05, 0.1) is 18.9 Å². The molecule has 0 aliphatic carbocycles. The lowest BCUT2D eigenvalue weighted by Crippen LogP contribution is -2.17. The molecular formula is C21H21N5O2. The van der Waals surface area contributed by atoms with Gasteiger partial charge in [0.25, 0.3) is 0 Å². The number of hydrogen-bond acceptors (Lipinski definition) is 6. The van der Waals surface area contributed by atoms with Crippen molar-refractivity contribution in [3.05, 3.63) is 77.0 Å². The summed E-state index contributed by atoms with van der Waals surface area (Å²) in [5, 5.41) is 6.58. The summed E-state index contributed by atoms with van der Waals surface area (Å²) in [6.07, 6.45) is 0.730. The molecule has 0 atom stereocenters. The number of primary amides is 1. The van der Waals surface area contributed by atoms with E-state index >= 15 is 0 Å². The first-order chi connectivity index (χ1) is 13.7. The monoisotopic (exact) mass is 375 g/mol. The van der Waals surface area contributed by atoms with E-state index in [2.05, 4.69) is 32.7 Å². The topological polar surface area (TPSA) is 102 Å². The maximum atomic E-state index is 11.4. The van der Waals surface area contributed by atoms with E-state index in [1.54, 1.807) is 18.2 Å². The first-order valence-corrected chi connectivity index (χ1v) is 9.11. The smallest absolute Gasteiger partial charge is 0.248 e. The van der Waals surface area contributed by atoms with Crippen LogP contribution in [0.2, 0.25) is 0 Å². The van der Waals surface area contributed by atoms with Gasteiger partial charge in [0.2, 0.25) is 11.9 Å². The highest BCUT2D eigenvalue weighted by Gasteiger charge is 2.18. The van der Waals surface area contributed by atoms with E-state index in [-0.39, 0.29) is 0 Å². The maximum Gasteiger partial charge on any atom is 0.248 e. The molecular weight excluding hydrogens is 354 g/mol. The molecule has 7 nitrogen and oxygen atoms in total. The van der Waals surface area contributed by atoms with E-state index in [9.17, 15) is 4.79 Å². The van der Waals surface area contributed by atoms with Gasteiger partial charge in [-0.05, 0) is 23.8 Å². The number of nitrogens with one attached hydrogen (secondary N) is 2. The fourth-order valence-corrected chi connectivity index (χ4v) is 3.09. The number of rotatable bonds is 6. The number of carbonyl (C=O) groups excluding carboxylic acids is 1. The fourth-order valence-electron chi connectivity index (χ4n) is 3.09. The molecule has 0 spiro atoms. The minimum atomic E-state index is -0.475. The van der Waals surface area contributed by atoms with Gasteiger partial charge in [-0.25, -0.2) is 4.98 Å². The van der Waals surface area contributed by atoms with Crippen LogP contribution in [0.4, 0.5) is 17.5 Å². The predicted octanol–water partition coefficient (Wildman–Crippen LogP) is 3.00. The lowest BCUT2D eigenvalue weighted by Gasteiger charge is -2.20. The molecule has 1 aliphatic heterocycles. The Kier molecular flexibility index (Phi) is 5.16. The molecule has 0 saturated heterocycles. The molecule has 0 saturated carbocycles. The van der Waals surface area contributed by atoms with E-state index in [1.807, 2.05) is 24.3 Å². The lowest BCUT2D eigenvalue weighted by molar-refractivity contribution is 0.1000. The third-order valence-electron chi connectivity index (χ3n) is 4.53. The summed E-state index contributed by atoms with van der Waals surface area (Å²) in [4.78, 5) is 20.7. The highest BCUT2D eigenvalue weighted by molar-refractivity contribution is 5.93. The Balaban J connectivity index is 1.61. The fraction of sp³-hybridized carbons (Fsp3) is 0.190. The molecule has 1 amide bonds. The molecule has 1 aliphatic rings. The number of aromatic nitrogens is 2. The van der Waals surface area contributed by atoms with Crippen LogP contribution in [0.15, 0.2) is 54.6 Å². The van der Waals surface area contributed by atoms with Crippen molar-refractivity contribution in [3.8, 4) is 0 Å². The zero-order valence-electron chi connectivity index (χ0n) is 15.3. The number of ether oxygens (including phenoxy) is 1. The van der Waals surface area contributed by atoms with E-state index in [1.165, 1.54) is 0 Å². The maximum absolute atomic E-state index is 11.4. The van der Waals surface area contributed by atoms with Crippen molar-refractivity contribution >= 4 is 23.4 Å². The standard InChI is InChI=1S/C21H21N5O2/c22-19(27)15-7-4-8-16(11-15)24-21-25-18-9-10-28-13-17(18)20(26-21)23-12-14-5-2-1-3-6-14/h1-8,11H,9-10,12-13H2,(H2,22,27)(H2,23,24,25,26). The van der Waals surface area contributed by atoms with E-state index in [0.29, 0.717) is 37.0 Å². The Hall–Kier alpha value is -3.45. The van der Waals surface area contributed by atoms with Gasteiger partial charge in [0.15, 0.2) is 0 Å². The van der Waals surface area contributed by atoms with Crippen molar-refractivity contribution in [1.29, 1.82) is 0 Å². The van der Waals surface area contributed by atoms with Crippen LogP contribution in [-0.2, 0) is 24.3 Å². The van der Waals surface area contributed by atoms with Crippen LogP contribution in [-0.4, -0.2) is 22.5 Å². The number of benzene rings is 2. The van der Waals surface area contributed by atoms with Crippen LogP contribution in [0.1, 0.15) is 27.2 Å². The second-order valence-corrected chi connectivity index (χ2v) is 6.53. The largest absolute Gasteiger partial charge is 0.376 e. The molecule has 4 rings (SSSR count). The Bertz CT molecular complexity index is 991. The Morgan fingerprint density at radius 2 is 1.96 bits per heavy atom. The highest BCUT2D eigenvalue weighted by Crippen LogP contribution is 2.26. The predicted molar refractivity (Wildman–Crippen MR) is 107 cm³/mol. The summed E-state index contributed by atoms with van der Waals surface area (Å²) in [6, 6.07) is 17.1. The third-order valence-corrected chi connectivity index (χ3v) is 4.53. The minimum absolute atomic E-state index is 0.429. The SMILES string of the molecule is NC(=O)c1cccc(Nc2nc3c(c(NCc4ccccc4)n2)COCC3)c1. The van der Waals surface area contributed by atoms with E-state index < -0.39 is 5.91 Å². The second kappa shape index (κ2) is 8.06. The Morgan fingerprint density at radius 3 is 2.79 bits per heavy atom. The zero-order chi connectivity index (χ0) is 19.3. The van der Waals surface area contributed by atoms with Crippen molar-refractivity contribution < 1.29 is 9.53 Å². The number of carbonyl (C=O) groups is 1. The van der Waals surface area contributed by atoms with Gasteiger partial charge in [0.1, 0.15) is 5.82 Å². The second-order valence-electron chi connectivity index (χ2n) is 6.53. The molecule has 7 heteroatoms. The molecule has 0 bridgehead atoms. The molecule has 28 heavy (non-hydrogen) atoms. The summed E-state index contributed by atoms with van der Waals surface area (Å²) in [5.41, 5.74) is 9.61. The van der Waals surface area contributed by atoms with Gasteiger partial charge in [-0.2, -0.15) is 4.98 Å². The van der Waals surface area contributed by atoms with Crippen LogP contribution >= 0.6 is 0 Å². The summed E-state index contributed by atoms with van der Waals surface area (Å²) >= 11 is 0.